The van der Waals surface area contributed by atoms with Gasteiger partial charge in [0.1, 0.15) is 0 Å². The fourth-order valence-corrected chi connectivity index (χ4v) is 4.07. The molecular weight excluding hydrogens is 330 g/mol. The van der Waals surface area contributed by atoms with Crippen LogP contribution in [0.1, 0.15) is 33.1 Å². The number of para-hydroxylation sites is 1. The van der Waals surface area contributed by atoms with Crippen LogP contribution in [0.2, 0.25) is 0 Å². The average molecular weight is 349 g/mol. The van der Waals surface area contributed by atoms with Gasteiger partial charge in [0.2, 0.25) is 0 Å². The van der Waals surface area contributed by atoms with Gasteiger partial charge < -0.3 is 0 Å². The summed E-state index contributed by atoms with van der Waals surface area (Å²) in [5, 5.41) is 2.31. The first-order chi connectivity index (χ1) is 13.2. The van der Waals surface area contributed by atoms with Gasteiger partial charge in [-0.15, -0.1) is 0 Å². The molecule has 1 aliphatic rings. The van der Waals surface area contributed by atoms with Crippen molar-refractivity contribution in [2.24, 2.45) is 0 Å². The highest BCUT2D eigenvalue weighted by Crippen LogP contribution is 2.44. The molecule has 0 spiro atoms. The van der Waals surface area contributed by atoms with Crippen molar-refractivity contribution >= 4 is 22.4 Å². The topological polar surface area (TPSA) is 20.3 Å². The van der Waals surface area contributed by atoms with E-state index in [-0.39, 0.29) is 11.9 Å². The first kappa shape index (κ1) is 15.8. The second kappa shape index (κ2) is 6.10. The van der Waals surface area contributed by atoms with Gasteiger partial charge in [-0.25, -0.2) is 0 Å². The Morgan fingerprint density at radius 1 is 0.741 bits per heavy atom. The van der Waals surface area contributed by atoms with Crippen molar-refractivity contribution in [1.29, 1.82) is 0 Å². The Hall–Kier alpha value is -3.39. The van der Waals surface area contributed by atoms with Crippen LogP contribution < -0.4 is 4.90 Å². The molecule has 0 bridgehead atoms. The number of fused-ring (bicyclic) bond motifs is 3. The average Bonchev–Trinajstić information content (AvgIpc) is 3.02. The number of carbonyl (C=O) groups excluding carboxylic acids is 1. The summed E-state index contributed by atoms with van der Waals surface area (Å²) < 4.78 is 0. The first-order valence-electron chi connectivity index (χ1n) is 9.21. The number of anilines is 1. The zero-order valence-corrected chi connectivity index (χ0v) is 15.1. The van der Waals surface area contributed by atoms with Crippen LogP contribution in [0.3, 0.4) is 0 Å². The molecule has 2 nitrogen and oxygen atoms in total. The van der Waals surface area contributed by atoms with E-state index in [1.54, 1.807) is 0 Å². The third-order valence-corrected chi connectivity index (χ3v) is 5.38. The van der Waals surface area contributed by atoms with Crippen molar-refractivity contribution in [1.82, 2.24) is 0 Å². The van der Waals surface area contributed by atoms with Crippen LogP contribution in [0.15, 0.2) is 91.0 Å². The monoisotopic (exact) mass is 349 g/mol. The number of amides is 1. The van der Waals surface area contributed by atoms with Crippen LogP contribution in [-0.2, 0) is 0 Å². The number of hydrogen-bond acceptors (Lipinski definition) is 1. The Kier molecular flexibility index (Phi) is 3.58. The van der Waals surface area contributed by atoms with Crippen molar-refractivity contribution in [3.63, 3.8) is 0 Å². The van der Waals surface area contributed by atoms with Gasteiger partial charge in [0.05, 0.1) is 6.04 Å². The molecule has 0 fully saturated rings. The first-order valence-corrected chi connectivity index (χ1v) is 9.21. The zero-order valence-electron chi connectivity index (χ0n) is 15.1. The molecule has 1 atom stereocenters. The second-order valence-electron chi connectivity index (χ2n) is 7.07. The van der Waals surface area contributed by atoms with Gasteiger partial charge in [0.25, 0.3) is 5.91 Å². The van der Waals surface area contributed by atoms with Crippen molar-refractivity contribution < 1.29 is 4.79 Å². The van der Waals surface area contributed by atoms with Crippen LogP contribution in [0.5, 0.6) is 0 Å². The van der Waals surface area contributed by atoms with Crippen molar-refractivity contribution in [3.8, 4) is 0 Å². The minimum absolute atomic E-state index is 0.0625. The molecule has 2 heteroatoms. The molecule has 0 radical (unpaired) electrons. The highest BCUT2D eigenvalue weighted by molar-refractivity contribution is 6.15. The van der Waals surface area contributed by atoms with Gasteiger partial charge in [-0.05, 0) is 41.5 Å². The summed E-state index contributed by atoms with van der Waals surface area (Å²) >= 11 is 0. The summed E-state index contributed by atoms with van der Waals surface area (Å²) in [5.74, 6) is 0.0625. The summed E-state index contributed by atoms with van der Waals surface area (Å²) in [6.45, 7) is 2.09. The Morgan fingerprint density at radius 3 is 2.22 bits per heavy atom. The zero-order chi connectivity index (χ0) is 18.4. The van der Waals surface area contributed by atoms with E-state index in [9.17, 15) is 4.79 Å². The van der Waals surface area contributed by atoms with E-state index in [0.29, 0.717) is 0 Å². The van der Waals surface area contributed by atoms with E-state index in [1.807, 2.05) is 59.5 Å². The van der Waals surface area contributed by atoms with Crippen LogP contribution in [0, 0.1) is 6.92 Å². The molecule has 0 aliphatic carbocycles. The molecule has 27 heavy (non-hydrogen) atoms. The summed E-state index contributed by atoms with van der Waals surface area (Å²) in [6, 6.07) is 30.7. The molecular formula is C25H19NO. The van der Waals surface area contributed by atoms with Gasteiger partial charge in [-0.1, -0.05) is 78.4 Å². The number of benzene rings is 4. The lowest BCUT2D eigenvalue weighted by Gasteiger charge is -2.26. The van der Waals surface area contributed by atoms with Crippen LogP contribution in [0.4, 0.5) is 5.69 Å². The third-order valence-electron chi connectivity index (χ3n) is 5.38. The second-order valence-corrected chi connectivity index (χ2v) is 7.07. The Balaban J connectivity index is 1.81. The SMILES string of the molecule is Cc1ccc(C2c3c(ccc4ccccc34)C(=O)N2c2ccccc2)cc1. The lowest BCUT2D eigenvalue weighted by atomic mass is 9.92. The quantitative estimate of drug-likeness (QED) is 0.441. The summed E-state index contributed by atoms with van der Waals surface area (Å²) in [6.07, 6.45) is 0. The van der Waals surface area contributed by atoms with Crippen LogP contribution >= 0.6 is 0 Å². The molecule has 1 aliphatic heterocycles. The van der Waals surface area contributed by atoms with E-state index in [1.165, 1.54) is 5.56 Å². The lowest BCUT2D eigenvalue weighted by molar-refractivity contribution is 0.0993. The highest BCUT2D eigenvalue weighted by atomic mass is 16.2. The lowest BCUT2D eigenvalue weighted by Crippen LogP contribution is -2.28. The molecule has 5 rings (SSSR count). The van der Waals surface area contributed by atoms with E-state index < -0.39 is 0 Å². The summed E-state index contributed by atoms with van der Waals surface area (Å²) in [4.78, 5) is 15.3. The van der Waals surface area contributed by atoms with Gasteiger partial charge in [-0.3, -0.25) is 9.69 Å². The van der Waals surface area contributed by atoms with Gasteiger partial charge >= 0.3 is 0 Å². The van der Waals surface area contributed by atoms with Gasteiger partial charge in [0, 0.05) is 16.8 Å². The Labute approximate surface area is 158 Å². The van der Waals surface area contributed by atoms with Crippen molar-refractivity contribution in [2.45, 2.75) is 13.0 Å². The van der Waals surface area contributed by atoms with Crippen LogP contribution in [0.25, 0.3) is 10.8 Å². The fourth-order valence-electron chi connectivity index (χ4n) is 4.07. The number of aryl methyl sites for hydroxylation is 1. The molecule has 0 saturated carbocycles. The number of carbonyl (C=O) groups is 1. The maximum atomic E-state index is 13.4. The van der Waals surface area contributed by atoms with Crippen LogP contribution in [-0.4, -0.2) is 5.91 Å². The molecule has 1 amide bonds. The summed E-state index contributed by atoms with van der Waals surface area (Å²) in [7, 11) is 0. The Morgan fingerprint density at radius 2 is 1.44 bits per heavy atom. The van der Waals surface area contributed by atoms with Crippen molar-refractivity contribution in [2.75, 3.05) is 4.90 Å². The highest BCUT2D eigenvalue weighted by Gasteiger charge is 2.39. The summed E-state index contributed by atoms with van der Waals surface area (Å²) in [5.41, 5.74) is 5.17. The molecule has 1 unspecified atom stereocenters. The number of hydrogen-bond donors (Lipinski definition) is 0. The standard InChI is InChI=1S/C25H19NO/c1-17-11-13-19(14-12-17)24-23-21-10-6-5-7-18(21)15-16-22(23)25(27)26(24)20-8-3-2-4-9-20/h2-16,24H,1H3. The number of nitrogens with zero attached hydrogens (tertiary/aromatic N) is 1. The predicted molar refractivity (Wildman–Crippen MR) is 110 cm³/mol. The molecule has 4 aromatic rings. The van der Waals surface area contributed by atoms with Gasteiger partial charge in [0.15, 0.2) is 0 Å². The third kappa shape index (κ3) is 2.45. The van der Waals surface area contributed by atoms with Crippen molar-refractivity contribution in [3.05, 3.63) is 113 Å². The molecule has 130 valence electrons. The minimum atomic E-state index is -0.124. The largest absolute Gasteiger partial charge is 0.297 e. The normalized spacial score (nSPS) is 16.0. The maximum absolute atomic E-state index is 13.4. The van der Waals surface area contributed by atoms with E-state index in [0.717, 1.165) is 33.2 Å². The molecule has 0 N–H and O–H groups in total. The van der Waals surface area contributed by atoms with E-state index in [4.69, 9.17) is 0 Å². The number of rotatable bonds is 2. The maximum Gasteiger partial charge on any atom is 0.259 e. The molecule has 0 saturated heterocycles. The van der Waals surface area contributed by atoms with E-state index >= 15 is 0 Å². The molecule has 1 heterocycles. The molecule has 0 aromatic heterocycles. The smallest absolute Gasteiger partial charge is 0.259 e. The van der Waals surface area contributed by atoms with E-state index in [2.05, 4.69) is 43.3 Å². The Bertz CT molecular complexity index is 1150. The minimum Gasteiger partial charge on any atom is -0.297 e. The fraction of sp³-hybridized carbons (Fsp3) is 0.0800. The van der Waals surface area contributed by atoms with Gasteiger partial charge in [-0.2, -0.15) is 0 Å². The predicted octanol–water partition coefficient (Wildman–Crippen LogP) is 5.90. The molecule has 4 aromatic carbocycles.